The highest BCUT2D eigenvalue weighted by Crippen LogP contribution is 1.71. The van der Waals surface area contributed by atoms with Crippen LogP contribution < -0.4 is 0 Å². The zero-order chi connectivity index (χ0) is 5.28. The maximum absolute atomic E-state index is 6.78. The Labute approximate surface area is 33.1 Å². The van der Waals surface area contributed by atoms with Crippen molar-refractivity contribution < 1.29 is 2.74 Å². The molecule has 0 unspecified atom stereocenters. The van der Waals surface area contributed by atoms with Crippen LogP contribution in [0.4, 0.5) is 0 Å². The molecule has 0 radical (unpaired) electrons. The molecule has 0 saturated heterocycles. The first-order valence-electron chi connectivity index (χ1n) is 2.34. The minimum Gasteiger partial charge on any atom is -0.268 e. The minimum absolute atomic E-state index is 0.0231. The second-order valence-electron chi connectivity index (χ2n) is 0.686. The molecule has 0 amide bonds. The third kappa shape index (κ3) is 0.318. The molecule has 0 fully saturated rings. The summed E-state index contributed by atoms with van der Waals surface area (Å²) < 4.78 is 13.5. The normalized spacial score (nSPS) is 27.2. The second kappa shape index (κ2) is 0.971. The van der Waals surface area contributed by atoms with Crippen molar-refractivity contribution in [1.82, 2.24) is 0 Å². The average Bonchev–Trinajstić information content (AvgIpc) is 1.87. The number of amidine groups is 1. The van der Waals surface area contributed by atoms with E-state index in [0.717, 1.165) is 0 Å². The predicted molar refractivity (Wildman–Crippen MR) is 21.9 cm³/mol. The highest BCUT2D eigenvalue weighted by Gasteiger charge is 1.73. The molecular formula is C3H4N2. The summed E-state index contributed by atoms with van der Waals surface area (Å²) in [6.07, 6.45) is 0.162. The summed E-state index contributed by atoms with van der Waals surface area (Å²) in [7, 11) is 0. The molecule has 0 aromatic carbocycles. The third-order valence-corrected chi connectivity index (χ3v) is 0.350. The molecule has 0 aromatic heterocycles. The van der Waals surface area contributed by atoms with E-state index in [1.54, 1.807) is 0 Å². The first-order chi connectivity index (χ1) is 3.29. The summed E-state index contributed by atoms with van der Waals surface area (Å²) in [5.74, 6) is 0. The second-order valence-corrected chi connectivity index (χ2v) is 0.686. The average molecular weight is 70.1 g/mol. The van der Waals surface area contributed by atoms with Gasteiger partial charge in [0.15, 0.2) is 0 Å². The van der Waals surface area contributed by atoms with E-state index in [-0.39, 0.29) is 12.5 Å². The highest BCUT2D eigenvalue weighted by molar-refractivity contribution is 5.79. The number of rotatable bonds is 0. The fourth-order valence-corrected chi connectivity index (χ4v) is 0.177. The van der Waals surface area contributed by atoms with E-state index < -0.39 is 0 Å². The van der Waals surface area contributed by atoms with E-state index >= 15 is 0 Å². The van der Waals surface area contributed by atoms with Crippen molar-refractivity contribution in [3.05, 3.63) is 0 Å². The van der Waals surface area contributed by atoms with Crippen molar-refractivity contribution >= 4 is 12.5 Å². The molecule has 1 aliphatic heterocycles. The van der Waals surface area contributed by atoms with Gasteiger partial charge in [0.25, 0.3) is 0 Å². The van der Waals surface area contributed by atoms with Crippen LogP contribution in [-0.4, -0.2) is 19.0 Å². The zero-order valence-corrected chi connectivity index (χ0v) is 2.60. The Morgan fingerprint density at radius 3 is 3.20 bits per heavy atom. The van der Waals surface area contributed by atoms with Crippen molar-refractivity contribution in [3.63, 3.8) is 0 Å². The summed E-state index contributed by atoms with van der Waals surface area (Å²) in [6, 6.07) is 0. The number of aliphatic imine (C=N–C) groups is 2. The SMILES string of the molecule is [2H]C1=NC([2H])=NC1. The molecule has 26 valence electrons. The van der Waals surface area contributed by atoms with Gasteiger partial charge in [0.05, 0.1) is 7.92 Å². The first-order valence-corrected chi connectivity index (χ1v) is 1.34. The van der Waals surface area contributed by atoms with Gasteiger partial charge in [-0.1, -0.05) is 0 Å². The Morgan fingerprint density at radius 1 is 2.00 bits per heavy atom. The standard InChI is InChI=1S/C3H4N2/c1-2-5-3-4-1/h1,3H,2H2/i1D,3D. The number of hydrogen-bond donors (Lipinski definition) is 0. The van der Waals surface area contributed by atoms with Gasteiger partial charge in [0.2, 0.25) is 0 Å². The molecule has 1 heterocycles. The van der Waals surface area contributed by atoms with Crippen molar-refractivity contribution in [2.75, 3.05) is 6.54 Å². The predicted octanol–water partition coefficient (Wildman–Crippen LogP) is 0.0991. The van der Waals surface area contributed by atoms with Crippen molar-refractivity contribution in [2.45, 2.75) is 0 Å². The summed E-state index contributed by atoms with van der Waals surface area (Å²) in [5, 5.41) is 0. The van der Waals surface area contributed by atoms with Crippen LogP contribution in [0.5, 0.6) is 0 Å². The van der Waals surface area contributed by atoms with Crippen LogP contribution in [-0.2, 0) is 0 Å². The lowest BCUT2D eigenvalue weighted by Crippen LogP contribution is -1.65. The van der Waals surface area contributed by atoms with Crippen LogP contribution in [0.25, 0.3) is 0 Å². The molecular weight excluding hydrogens is 64.0 g/mol. The zero-order valence-electron chi connectivity index (χ0n) is 4.60. The Morgan fingerprint density at radius 2 is 3.00 bits per heavy atom. The van der Waals surface area contributed by atoms with E-state index in [2.05, 4.69) is 9.98 Å². The van der Waals surface area contributed by atoms with Gasteiger partial charge < -0.3 is 0 Å². The molecule has 2 heteroatoms. The minimum atomic E-state index is -0.0231. The molecule has 0 aromatic rings. The maximum atomic E-state index is 6.78. The lowest BCUT2D eigenvalue weighted by atomic mass is 10.8. The van der Waals surface area contributed by atoms with Gasteiger partial charge in [-0.25, -0.2) is 4.99 Å². The smallest absolute Gasteiger partial charge is 0.109 e. The molecule has 1 aliphatic rings. The van der Waals surface area contributed by atoms with E-state index in [1.165, 1.54) is 0 Å². The molecule has 0 aliphatic carbocycles. The van der Waals surface area contributed by atoms with Crippen molar-refractivity contribution in [2.24, 2.45) is 9.98 Å². The molecule has 1 rings (SSSR count). The quantitative estimate of drug-likeness (QED) is 0.386. The Balaban J connectivity index is 2.69. The van der Waals surface area contributed by atoms with E-state index in [1.807, 2.05) is 0 Å². The molecule has 2 nitrogen and oxygen atoms in total. The van der Waals surface area contributed by atoms with Gasteiger partial charge in [0.1, 0.15) is 7.69 Å². The monoisotopic (exact) mass is 70.1 g/mol. The van der Waals surface area contributed by atoms with E-state index in [0.29, 0.717) is 6.54 Å². The number of nitrogens with zero attached hydrogens (tertiary/aromatic N) is 2. The lowest BCUT2D eigenvalue weighted by molar-refractivity contribution is 1.38. The molecule has 0 bridgehead atoms. The summed E-state index contributed by atoms with van der Waals surface area (Å²) in [4.78, 5) is 6.90. The number of hydrogen-bond acceptors (Lipinski definition) is 2. The van der Waals surface area contributed by atoms with Crippen LogP contribution in [0, 0.1) is 0 Å². The molecule has 0 N–H and O–H groups in total. The Hall–Kier alpha value is -0.660. The van der Waals surface area contributed by atoms with Gasteiger partial charge in [-0.15, -0.1) is 0 Å². The third-order valence-electron chi connectivity index (χ3n) is 0.350. The van der Waals surface area contributed by atoms with Crippen LogP contribution in [0.3, 0.4) is 0 Å². The fraction of sp³-hybridized carbons (Fsp3) is 0.333. The molecule has 5 heavy (non-hydrogen) atoms. The van der Waals surface area contributed by atoms with Crippen molar-refractivity contribution in [1.29, 1.82) is 0 Å². The van der Waals surface area contributed by atoms with Crippen molar-refractivity contribution in [3.8, 4) is 0 Å². The molecule has 0 atom stereocenters. The van der Waals surface area contributed by atoms with Crippen LogP contribution in [0.1, 0.15) is 2.74 Å². The maximum Gasteiger partial charge on any atom is 0.109 e. The summed E-state index contributed by atoms with van der Waals surface area (Å²) >= 11 is 0. The van der Waals surface area contributed by atoms with Crippen LogP contribution >= 0.6 is 0 Å². The lowest BCUT2D eigenvalue weighted by Gasteiger charge is -1.56. The largest absolute Gasteiger partial charge is 0.268 e. The topological polar surface area (TPSA) is 24.7 Å². The fourth-order valence-electron chi connectivity index (χ4n) is 0.177. The van der Waals surface area contributed by atoms with Gasteiger partial charge in [0, 0.05) is 6.19 Å². The molecule has 0 saturated carbocycles. The first kappa shape index (κ1) is 1.20. The van der Waals surface area contributed by atoms with Gasteiger partial charge in [-0.2, -0.15) is 0 Å². The van der Waals surface area contributed by atoms with Gasteiger partial charge in [-0.05, 0) is 0 Å². The van der Waals surface area contributed by atoms with E-state index in [4.69, 9.17) is 2.74 Å². The summed E-state index contributed by atoms with van der Waals surface area (Å²) in [5.41, 5.74) is 0. The van der Waals surface area contributed by atoms with Gasteiger partial charge >= 0.3 is 0 Å². The molecule has 0 spiro atoms. The van der Waals surface area contributed by atoms with Gasteiger partial charge in [-0.3, -0.25) is 4.99 Å². The van der Waals surface area contributed by atoms with E-state index in [9.17, 15) is 0 Å². The van der Waals surface area contributed by atoms with Crippen LogP contribution in [0.2, 0.25) is 0 Å². The Bertz CT molecular complexity index is 138. The highest BCUT2D eigenvalue weighted by atomic mass is 14.9. The Kier molecular flexibility index (Phi) is 0.234. The summed E-state index contributed by atoms with van der Waals surface area (Å²) in [6.45, 7) is 0.291. The van der Waals surface area contributed by atoms with Crippen LogP contribution in [0.15, 0.2) is 9.98 Å².